The van der Waals surface area contributed by atoms with Crippen LogP contribution in [0.4, 0.5) is 5.13 Å². The molecule has 0 aliphatic rings. The largest absolute Gasteiger partial charge is 0.497 e. The number of carbonyl (C=O) groups excluding carboxylic acids is 1. The van der Waals surface area contributed by atoms with E-state index in [1.165, 1.54) is 11.3 Å². The third-order valence-corrected chi connectivity index (χ3v) is 4.10. The maximum Gasteiger partial charge on any atom is 0.350 e. The number of rotatable bonds is 7. The number of hydrogen-bond donors (Lipinski definition) is 1. The highest BCUT2D eigenvalue weighted by Crippen LogP contribution is 2.24. The molecular weight excluding hydrogens is 330 g/mol. The molecule has 0 unspecified atom stereocenters. The molecule has 0 saturated carbocycles. The van der Waals surface area contributed by atoms with Gasteiger partial charge in [-0.2, -0.15) is 5.10 Å². The predicted molar refractivity (Wildman–Crippen MR) is 93.6 cm³/mol. The molecule has 0 amide bonds. The molecule has 128 valence electrons. The molecule has 1 heterocycles. The van der Waals surface area contributed by atoms with Gasteiger partial charge < -0.3 is 14.2 Å². The topological polar surface area (TPSA) is 82.0 Å². The van der Waals surface area contributed by atoms with E-state index in [0.717, 1.165) is 5.56 Å². The Morgan fingerprint density at radius 3 is 2.83 bits per heavy atom. The van der Waals surface area contributed by atoms with E-state index in [4.69, 9.17) is 14.2 Å². The van der Waals surface area contributed by atoms with E-state index in [9.17, 15) is 4.79 Å². The molecule has 7 nitrogen and oxygen atoms in total. The van der Waals surface area contributed by atoms with Gasteiger partial charge >= 0.3 is 5.97 Å². The highest BCUT2D eigenvalue weighted by atomic mass is 32.1. The molecular formula is C16H19N3O4S. The number of hydrogen-bond acceptors (Lipinski definition) is 8. The number of anilines is 1. The molecule has 0 atom stereocenters. The van der Waals surface area contributed by atoms with Gasteiger partial charge in [0.05, 0.1) is 32.7 Å². The van der Waals surface area contributed by atoms with E-state index in [-0.39, 0.29) is 5.97 Å². The van der Waals surface area contributed by atoms with Gasteiger partial charge in [0.25, 0.3) is 0 Å². The number of nitrogens with zero attached hydrogens (tertiary/aromatic N) is 2. The second kappa shape index (κ2) is 8.30. The third-order valence-electron chi connectivity index (χ3n) is 3.06. The summed E-state index contributed by atoms with van der Waals surface area (Å²) in [5.41, 5.74) is 4.17. The summed E-state index contributed by atoms with van der Waals surface area (Å²) < 4.78 is 15.5. The summed E-state index contributed by atoms with van der Waals surface area (Å²) in [4.78, 5) is 16.5. The van der Waals surface area contributed by atoms with Crippen LogP contribution in [-0.2, 0) is 4.74 Å². The van der Waals surface area contributed by atoms with Crippen molar-refractivity contribution in [3.8, 4) is 11.5 Å². The van der Waals surface area contributed by atoms with Crippen LogP contribution in [-0.4, -0.2) is 38.0 Å². The van der Waals surface area contributed by atoms with E-state index >= 15 is 0 Å². The van der Waals surface area contributed by atoms with Gasteiger partial charge in [0.15, 0.2) is 0 Å². The fourth-order valence-electron chi connectivity index (χ4n) is 1.93. The second-order valence-corrected chi connectivity index (χ2v) is 5.63. The molecule has 0 bridgehead atoms. The van der Waals surface area contributed by atoms with Crippen LogP contribution in [0, 0.1) is 6.92 Å². The highest BCUT2D eigenvalue weighted by Gasteiger charge is 2.15. The standard InChI is InChI=1S/C16H19N3O4S/c1-5-23-15(20)14-10(2)18-16(24-14)19-17-9-11-8-12(21-3)6-7-13(11)22-4/h6-9H,5H2,1-4H3,(H,18,19)/b17-9+. The Bertz CT molecular complexity index is 743. The lowest BCUT2D eigenvalue weighted by molar-refractivity contribution is 0.0531. The van der Waals surface area contributed by atoms with Gasteiger partial charge in [-0.3, -0.25) is 5.43 Å². The lowest BCUT2D eigenvalue weighted by atomic mass is 10.2. The van der Waals surface area contributed by atoms with Crippen LogP contribution in [0.25, 0.3) is 0 Å². The number of nitrogens with one attached hydrogen (secondary N) is 1. The SMILES string of the molecule is CCOC(=O)c1sc(N/N=C/c2cc(OC)ccc2OC)nc1C. The minimum absolute atomic E-state index is 0.326. The zero-order valence-corrected chi connectivity index (χ0v) is 14.8. The van der Waals surface area contributed by atoms with E-state index < -0.39 is 0 Å². The molecule has 1 aromatic heterocycles. The fraction of sp³-hybridized carbons (Fsp3) is 0.312. The van der Waals surface area contributed by atoms with Gasteiger partial charge in [0, 0.05) is 5.56 Å². The van der Waals surface area contributed by atoms with Crippen molar-refractivity contribution in [1.82, 2.24) is 4.98 Å². The Kier molecular flexibility index (Phi) is 6.14. The maximum absolute atomic E-state index is 11.8. The summed E-state index contributed by atoms with van der Waals surface area (Å²) in [6, 6.07) is 5.41. The Morgan fingerprint density at radius 1 is 1.38 bits per heavy atom. The Labute approximate surface area is 144 Å². The number of esters is 1. The lowest BCUT2D eigenvalue weighted by Crippen LogP contribution is -2.03. The van der Waals surface area contributed by atoms with Crippen LogP contribution in [0.15, 0.2) is 23.3 Å². The number of aryl methyl sites for hydroxylation is 1. The van der Waals surface area contributed by atoms with Crippen molar-refractivity contribution in [2.24, 2.45) is 5.10 Å². The van der Waals surface area contributed by atoms with Crippen molar-refractivity contribution < 1.29 is 19.0 Å². The van der Waals surface area contributed by atoms with Gasteiger partial charge in [-0.05, 0) is 32.0 Å². The van der Waals surface area contributed by atoms with Gasteiger partial charge in [-0.25, -0.2) is 9.78 Å². The number of methoxy groups -OCH3 is 2. The molecule has 0 aliphatic carbocycles. The van der Waals surface area contributed by atoms with Gasteiger partial charge in [-0.1, -0.05) is 11.3 Å². The number of benzene rings is 1. The van der Waals surface area contributed by atoms with E-state index in [1.807, 2.05) is 0 Å². The van der Waals surface area contributed by atoms with Gasteiger partial charge in [0.2, 0.25) is 5.13 Å². The molecule has 2 rings (SSSR count). The van der Waals surface area contributed by atoms with Crippen molar-refractivity contribution in [3.63, 3.8) is 0 Å². The number of ether oxygens (including phenoxy) is 3. The average Bonchev–Trinajstić information content (AvgIpc) is 2.95. The van der Waals surface area contributed by atoms with Crippen molar-refractivity contribution in [1.29, 1.82) is 0 Å². The first-order valence-corrected chi connectivity index (χ1v) is 8.06. The van der Waals surface area contributed by atoms with Gasteiger partial charge in [0.1, 0.15) is 16.4 Å². The third kappa shape index (κ3) is 4.23. The molecule has 0 fully saturated rings. The minimum atomic E-state index is -0.376. The lowest BCUT2D eigenvalue weighted by Gasteiger charge is -2.06. The summed E-state index contributed by atoms with van der Waals surface area (Å²) in [6.07, 6.45) is 1.60. The minimum Gasteiger partial charge on any atom is -0.497 e. The molecule has 1 aromatic carbocycles. The molecule has 0 radical (unpaired) electrons. The quantitative estimate of drug-likeness (QED) is 0.470. The molecule has 0 aliphatic heterocycles. The highest BCUT2D eigenvalue weighted by molar-refractivity contribution is 7.17. The molecule has 24 heavy (non-hydrogen) atoms. The first kappa shape index (κ1) is 17.7. The molecule has 2 aromatic rings. The second-order valence-electron chi connectivity index (χ2n) is 4.63. The molecule has 1 N–H and O–H groups in total. The van der Waals surface area contributed by atoms with Crippen molar-refractivity contribution >= 4 is 28.7 Å². The Balaban J connectivity index is 2.12. The van der Waals surface area contributed by atoms with E-state index in [0.29, 0.717) is 33.8 Å². The number of aromatic nitrogens is 1. The maximum atomic E-state index is 11.8. The van der Waals surface area contributed by atoms with Crippen molar-refractivity contribution in [3.05, 3.63) is 34.3 Å². The van der Waals surface area contributed by atoms with Crippen LogP contribution in [0.2, 0.25) is 0 Å². The monoisotopic (exact) mass is 349 g/mol. The fourth-order valence-corrected chi connectivity index (χ4v) is 2.74. The molecule has 8 heteroatoms. The molecule has 0 saturated heterocycles. The van der Waals surface area contributed by atoms with Crippen LogP contribution in [0.5, 0.6) is 11.5 Å². The predicted octanol–water partition coefficient (Wildman–Crippen LogP) is 3.09. The number of thiazole rings is 1. The normalized spacial score (nSPS) is 10.7. The smallest absolute Gasteiger partial charge is 0.350 e. The Morgan fingerprint density at radius 2 is 2.17 bits per heavy atom. The number of carbonyl (C=O) groups is 1. The summed E-state index contributed by atoms with van der Waals surface area (Å²) in [5, 5.41) is 4.65. The van der Waals surface area contributed by atoms with Gasteiger partial charge in [-0.15, -0.1) is 0 Å². The number of hydrazone groups is 1. The van der Waals surface area contributed by atoms with E-state index in [2.05, 4.69) is 15.5 Å². The zero-order chi connectivity index (χ0) is 17.5. The first-order chi connectivity index (χ1) is 11.6. The Hall–Kier alpha value is -2.61. The van der Waals surface area contributed by atoms with E-state index in [1.54, 1.807) is 52.5 Å². The van der Waals surface area contributed by atoms with Crippen LogP contribution in [0.1, 0.15) is 27.9 Å². The average molecular weight is 349 g/mol. The molecule has 0 spiro atoms. The first-order valence-electron chi connectivity index (χ1n) is 7.24. The summed E-state index contributed by atoms with van der Waals surface area (Å²) in [7, 11) is 3.18. The zero-order valence-electron chi connectivity index (χ0n) is 14.0. The summed E-state index contributed by atoms with van der Waals surface area (Å²) in [6.45, 7) is 3.84. The van der Waals surface area contributed by atoms with Crippen LogP contribution >= 0.6 is 11.3 Å². The van der Waals surface area contributed by atoms with Crippen molar-refractivity contribution in [2.45, 2.75) is 13.8 Å². The summed E-state index contributed by atoms with van der Waals surface area (Å²) in [5.74, 6) is 0.995. The van der Waals surface area contributed by atoms with Crippen molar-refractivity contribution in [2.75, 3.05) is 26.3 Å². The van der Waals surface area contributed by atoms with Crippen LogP contribution in [0.3, 0.4) is 0 Å². The van der Waals surface area contributed by atoms with Crippen LogP contribution < -0.4 is 14.9 Å². The summed E-state index contributed by atoms with van der Waals surface area (Å²) >= 11 is 1.19.